The van der Waals surface area contributed by atoms with Crippen LogP contribution in [-0.4, -0.2) is 25.1 Å². The molecule has 2 rings (SSSR count). The minimum atomic E-state index is -0.332. The van der Waals surface area contributed by atoms with Gasteiger partial charge in [0.15, 0.2) is 0 Å². The lowest BCUT2D eigenvalue weighted by Crippen LogP contribution is -2.33. The molecule has 3 N–H and O–H groups in total. The Hall–Kier alpha value is -1.33. The lowest BCUT2D eigenvalue weighted by Gasteiger charge is -2.11. The molecule has 1 aromatic carbocycles. The topological polar surface area (TPSA) is 64.4 Å². The van der Waals surface area contributed by atoms with E-state index in [-0.39, 0.29) is 36.1 Å². The summed E-state index contributed by atoms with van der Waals surface area (Å²) < 4.78 is 18.2. The number of rotatable bonds is 5. The molecule has 4 nitrogen and oxygen atoms in total. The van der Waals surface area contributed by atoms with Crippen LogP contribution in [0, 0.1) is 11.7 Å². The van der Waals surface area contributed by atoms with Crippen molar-refractivity contribution in [2.75, 3.05) is 13.2 Å². The van der Waals surface area contributed by atoms with Crippen LogP contribution < -0.4 is 15.8 Å². The van der Waals surface area contributed by atoms with Crippen molar-refractivity contribution < 1.29 is 13.9 Å². The van der Waals surface area contributed by atoms with Gasteiger partial charge in [0, 0.05) is 18.0 Å². The molecule has 1 amide bonds. The maximum atomic E-state index is 12.9. The summed E-state index contributed by atoms with van der Waals surface area (Å²) >= 11 is 0. The van der Waals surface area contributed by atoms with Gasteiger partial charge in [0.1, 0.15) is 18.2 Å². The van der Waals surface area contributed by atoms with Gasteiger partial charge in [-0.15, -0.1) is 12.4 Å². The first kappa shape index (κ1) is 16.7. The number of hydrogen-bond acceptors (Lipinski definition) is 3. The summed E-state index contributed by atoms with van der Waals surface area (Å²) in [6.07, 6.45) is 2.53. The van der Waals surface area contributed by atoms with Gasteiger partial charge in [-0.2, -0.15) is 0 Å². The Labute approximate surface area is 124 Å². The van der Waals surface area contributed by atoms with Crippen LogP contribution >= 0.6 is 12.4 Å². The first-order valence-electron chi connectivity index (χ1n) is 6.57. The number of benzene rings is 1. The Morgan fingerprint density at radius 1 is 1.45 bits per heavy atom. The Morgan fingerprint density at radius 2 is 2.25 bits per heavy atom. The van der Waals surface area contributed by atoms with Crippen molar-refractivity contribution in [2.45, 2.75) is 25.3 Å². The highest BCUT2D eigenvalue weighted by atomic mass is 35.5. The summed E-state index contributed by atoms with van der Waals surface area (Å²) in [6.45, 7) is 0.745. The third kappa shape index (κ3) is 4.98. The van der Waals surface area contributed by atoms with E-state index in [9.17, 15) is 9.18 Å². The molecule has 20 heavy (non-hydrogen) atoms. The van der Waals surface area contributed by atoms with Crippen molar-refractivity contribution in [3.8, 4) is 5.75 Å². The van der Waals surface area contributed by atoms with E-state index in [1.807, 2.05) is 0 Å². The zero-order valence-electron chi connectivity index (χ0n) is 11.2. The Morgan fingerprint density at radius 3 is 2.90 bits per heavy atom. The summed E-state index contributed by atoms with van der Waals surface area (Å²) in [5.41, 5.74) is 5.77. The zero-order valence-corrected chi connectivity index (χ0v) is 12.0. The Bertz CT molecular complexity index is 445. The normalized spacial score (nSPS) is 21.1. The smallest absolute Gasteiger partial charge is 0.223 e. The minimum Gasteiger partial charge on any atom is -0.492 e. The highest BCUT2D eigenvalue weighted by Gasteiger charge is 2.27. The van der Waals surface area contributed by atoms with E-state index in [0.717, 1.165) is 19.3 Å². The molecule has 0 aromatic heterocycles. The number of carbonyl (C=O) groups is 1. The maximum Gasteiger partial charge on any atom is 0.223 e. The van der Waals surface area contributed by atoms with Crippen LogP contribution in [0.25, 0.3) is 0 Å². The maximum absolute atomic E-state index is 12.9. The van der Waals surface area contributed by atoms with Gasteiger partial charge in [0.2, 0.25) is 5.91 Å². The van der Waals surface area contributed by atoms with E-state index >= 15 is 0 Å². The van der Waals surface area contributed by atoms with Gasteiger partial charge in [-0.1, -0.05) is 6.07 Å². The van der Waals surface area contributed by atoms with E-state index in [2.05, 4.69) is 5.32 Å². The standard InChI is InChI=1S/C14H19FN2O2.ClH/c15-11-2-1-3-13(9-11)19-7-6-17-14(18)10-4-5-12(16)8-10;/h1-3,9-10,12H,4-8,16H2,(H,17,18);1H. The molecule has 1 fully saturated rings. The highest BCUT2D eigenvalue weighted by Crippen LogP contribution is 2.23. The van der Waals surface area contributed by atoms with E-state index in [0.29, 0.717) is 18.9 Å². The second-order valence-electron chi connectivity index (χ2n) is 4.87. The van der Waals surface area contributed by atoms with Crippen LogP contribution in [0.1, 0.15) is 19.3 Å². The van der Waals surface area contributed by atoms with Crippen LogP contribution in [0.15, 0.2) is 24.3 Å². The molecule has 0 spiro atoms. The van der Waals surface area contributed by atoms with Crippen molar-refractivity contribution in [1.82, 2.24) is 5.32 Å². The molecule has 0 radical (unpaired) electrons. The summed E-state index contributed by atoms with van der Waals surface area (Å²) in [7, 11) is 0. The van der Waals surface area contributed by atoms with Crippen LogP contribution in [-0.2, 0) is 4.79 Å². The number of hydrogen-bond donors (Lipinski definition) is 2. The fourth-order valence-electron chi connectivity index (χ4n) is 2.30. The first-order chi connectivity index (χ1) is 9.15. The molecule has 1 aliphatic carbocycles. The van der Waals surface area contributed by atoms with Crippen molar-refractivity contribution in [3.05, 3.63) is 30.1 Å². The molecule has 2 atom stereocenters. The Kier molecular flexibility index (Phi) is 6.75. The second kappa shape index (κ2) is 8.07. The van der Waals surface area contributed by atoms with E-state index in [1.54, 1.807) is 12.1 Å². The predicted molar refractivity (Wildman–Crippen MR) is 77.5 cm³/mol. The van der Waals surface area contributed by atoms with E-state index in [1.165, 1.54) is 12.1 Å². The first-order valence-corrected chi connectivity index (χ1v) is 6.57. The third-order valence-corrected chi connectivity index (χ3v) is 3.31. The van der Waals surface area contributed by atoms with Crippen molar-refractivity contribution in [1.29, 1.82) is 0 Å². The number of carbonyl (C=O) groups excluding carboxylic acids is 1. The molecule has 0 saturated heterocycles. The summed E-state index contributed by atoms with van der Waals surface area (Å²) in [4.78, 5) is 11.8. The predicted octanol–water partition coefficient (Wildman–Crippen LogP) is 1.87. The number of nitrogens with one attached hydrogen (secondary N) is 1. The molecule has 112 valence electrons. The molecule has 6 heteroatoms. The van der Waals surface area contributed by atoms with E-state index < -0.39 is 0 Å². The van der Waals surface area contributed by atoms with Gasteiger partial charge in [-0.3, -0.25) is 4.79 Å². The highest BCUT2D eigenvalue weighted by molar-refractivity contribution is 5.85. The third-order valence-electron chi connectivity index (χ3n) is 3.31. The van der Waals surface area contributed by atoms with Gasteiger partial charge in [0.25, 0.3) is 0 Å². The number of ether oxygens (including phenoxy) is 1. The lowest BCUT2D eigenvalue weighted by molar-refractivity contribution is -0.124. The van der Waals surface area contributed by atoms with Gasteiger partial charge in [-0.25, -0.2) is 4.39 Å². The average Bonchev–Trinajstić information content (AvgIpc) is 2.81. The molecular weight excluding hydrogens is 283 g/mol. The summed E-state index contributed by atoms with van der Waals surface area (Å²) in [6, 6.07) is 6.10. The van der Waals surface area contributed by atoms with Crippen LogP contribution in [0.5, 0.6) is 5.75 Å². The van der Waals surface area contributed by atoms with Gasteiger partial charge in [-0.05, 0) is 31.4 Å². The van der Waals surface area contributed by atoms with Crippen molar-refractivity contribution in [3.63, 3.8) is 0 Å². The quantitative estimate of drug-likeness (QED) is 0.816. The molecule has 1 saturated carbocycles. The van der Waals surface area contributed by atoms with Gasteiger partial charge in [0.05, 0.1) is 6.54 Å². The van der Waals surface area contributed by atoms with Crippen LogP contribution in [0.4, 0.5) is 4.39 Å². The molecule has 0 heterocycles. The average molecular weight is 303 g/mol. The number of halogens is 2. The largest absolute Gasteiger partial charge is 0.492 e. The minimum absolute atomic E-state index is 0. The van der Waals surface area contributed by atoms with Crippen molar-refractivity contribution >= 4 is 18.3 Å². The Balaban J connectivity index is 0.00000200. The molecule has 1 aliphatic rings. The molecule has 2 unspecified atom stereocenters. The van der Waals surface area contributed by atoms with Gasteiger partial charge >= 0.3 is 0 Å². The molecule has 0 bridgehead atoms. The van der Waals surface area contributed by atoms with Crippen LogP contribution in [0.3, 0.4) is 0 Å². The SMILES string of the molecule is Cl.NC1CCC(C(=O)NCCOc2cccc(F)c2)C1. The van der Waals surface area contributed by atoms with E-state index in [4.69, 9.17) is 10.5 Å². The molecule has 0 aliphatic heterocycles. The number of nitrogens with two attached hydrogens (primary N) is 1. The fraction of sp³-hybridized carbons (Fsp3) is 0.500. The van der Waals surface area contributed by atoms with Gasteiger partial charge < -0.3 is 15.8 Å². The fourth-order valence-corrected chi connectivity index (χ4v) is 2.30. The zero-order chi connectivity index (χ0) is 13.7. The lowest BCUT2D eigenvalue weighted by atomic mass is 10.1. The summed E-state index contributed by atoms with van der Waals surface area (Å²) in [5.74, 6) is 0.207. The summed E-state index contributed by atoms with van der Waals surface area (Å²) in [5, 5.41) is 2.82. The van der Waals surface area contributed by atoms with Crippen LogP contribution in [0.2, 0.25) is 0 Å². The number of amides is 1. The molecule has 1 aromatic rings. The second-order valence-corrected chi connectivity index (χ2v) is 4.87. The monoisotopic (exact) mass is 302 g/mol. The molecular formula is C14H20ClFN2O2. The van der Waals surface area contributed by atoms with Crippen molar-refractivity contribution in [2.24, 2.45) is 11.7 Å².